The highest BCUT2D eigenvalue weighted by atomic mass is 16.3. The van der Waals surface area contributed by atoms with Crippen molar-refractivity contribution in [3.05, 3.63) is 11.8 Å². The van der Waals surface area contributed by atoms with Crippen molar-refractivity contribution in [2.75, 3.05) is 24.2 Å². The summed E-state index contributed by atoms with van der Waals surface area (Å²) in [6, 6.07) is 1.86. The third-order valence-electron chi connectivity index (χ3n) is 2.22. The number of hydrogen-bond donors (Lipinski definition) is 3. The normalized spacial score (nSPS) is 12.2. The number of nitrogens with zero attached hydrogens (tertiary/aromatic N) is 2. The summed E-state index contributed by atoms with van der Waals surface area (Å²) in [7, 11) is 1.78. The number of aryl methyl sites for hydroxylation is 1. The molecular formula is C11H20N4O. The van der Waals surface area contributed by atoms with Crippen molar-refractivity contribution in [3.8, 4) is 0 Å². The Morgan fingerprint density at radius 3 is 2.81 bits per heavy atom. The van der Waals surface area contributed by atoms with Gasteiger partial charge in [0.1, 0.15) is 5.82 Å². The molecule has 1 aromatic rings. The van der Waals surface area contributed by atoms with Gasteiger partial charge in [-0.2, -0.15) is 4.98 Å². The van der Waals surface area contributed by atoms with Crippen LogP contribution in [-0.2, 0) is 0 Å². The summed E-state index contributed by atoms with van der Waals surface area (Å²) in [4.78, 5) is 8.43. The first-order chi connectivity index (χ1) is 7.65. The van der Waals surface area contributed by atoms with E-state index < -0.39 is 0 Å². The van der Waals surface area contributed by atoms with E-state index in [4.69, 9.17) is 0 Å². The summed E-state index contributed by atoms with van der Waals surface area (Å²) in [5.41, 5.74) is 0.895. The van der Waals surface area contributed by atoms with Crippen molar-refractivity contribution in [2.45, 2.75) is 32.8 Å². The maximum Gasteiger partial charge on any atom is 0.224 e. The SMILES string of the molecule is CCCC(O)CNc1cc(C)nc(NC)n1. The molecule has 0 spiro atoms. The van der Waals surface area contributed by atoms with Gasteiger partial charge in [-0.3, -0.25) is 0 Å². The highest BCUT2D eigenvalue weighted by Crippen LogP contribution is 2.09. The van der Waals surface area contributed by atoms with Gasteiger partial charge in [0, 0.05) is 25.4 Å². The topological polar surface area (TPSA) is 70.1 Å². The molecule has 0 amide bonds. The van der Waals surface area contributed by atoms with Crippen molar-refractivity contribution in [1.82, 2.24) is 9.97 Å². The minimum absolute atomic E-state index is 0.321. The number of aliphatic hydroxyl groups excluding tert-OH is 1. The first kappa shape index (κ1) is 12.7. The van der Waals surface area contributed by atoms with Crippen molar-refractivity contribution in [3.63, 3.8) is 0 Å². The van der Waals surface area contributed by atoms with Gasteiger partial charge < -0.3 is 15.7 Å². The van der Waals surface area contributed by atoms with Gasteiger partial charge >= 0.3 is 0 Å². The minimum Gasteiger partial charge on any atom is -0.391 e. The first-order valence-corrected chi connectivity index (χ1v) is 5.61. The Kier molecular flexibility index (Phi) is 4.98. The average Bonchev–Trinajstić information content (AvgIpc) is 2.26. The van der Waals surface area contributed by atoms with Crippen LogP contribution in [0.5, 0.6) is 0 Å². The lowest BCUT2D eigenvalue weighted by Crippen LogP contribution is -2.19. The maximum atomic E-state index is 9.58. The number of hydrogen-bond acceptors (Lipinski definition) is 5. The first-order valence-electron chi connectivity index (χ1n) is 5.61. The molecule has 1 heterocycles. The second kappa shape index (κ2) is 6.27. The molecule has 1 atom stereocenters. The molecule has 0 aliphatic carbocycles. The Balaban J connectivity index is 2.56. The van der Waals surface area contributed by atoms with E-state index in [2.05, 4.69) is 27.5 Å². The van der Waals surface area contributed by atoms with Gasteiger partial charge in [0.25, 0.3) is 0 Å². The van der Waals surface area contributed by atoms with E-state index in [1.54, 1.807) is 7.05 Å². The van der Waals surface area contributed by atoms with Crippen molar-refractivity contribution in [2.24, 2.45) is 0 Å². The number of anilines is 2. The summed E-state index contributed by atoms with van der Waals surface area (Å²) in [6.45, 7) is 4.49. The average molecular weight is 224 g/mol. The summed E-state index contributed by atoms with van der Waals surface area (Å²) in [5, 5.41) is 15.6. The fourth-order valence-electron chi connectivity index (χ4n) is 1.43. The largest absolute Gasteiger partial charge is 0.391 e. The molecule has 0 aliphatic rings. The highest BCUT2D eigenvalue weighted by molar-refractivity contribution is 5.41. The van der Waals surface area contributed by atoms with Crippen molar-refractivity contribution in [1.29, 1.82) is 0 Å². The van der Waals surface area contributed by atoms with Gasteiger partial charge in [-0.25, -0.2) is 4.98 Å². The van der Waals surface area contributed by atoms with Gasteiger partial charge in [0.2, 0.25) is 5.95 Å². The second-order valence-electron chi connectivity index (χ2n) is 3.79. The molecule has 90 valence electrons. The zero-order chi connectivity index (χ0) is 12.0. The van der Waals surface area contributed by atoms with Crippen LogP contribution in [0, 0.1) is 6.92 Å². The van der Waals surface area contributed by atoms with Crippen LogP contribution in [0.4, 0.5) is 11.8 Å². The lowest BCUT2D eigenvalue weighted by Gasteiger charge is -2.12. The van der Waals surface area contributed by atoms with Gasteiger partial charge in [0.05, 0.1) is 6.10 Å². The molecule has 5 heteroatoms. The smallest absolute Gasteiger partial charge is 0.224 e. The highest BCUT2D eigenvalue weighted by Gasteiger charge is 2.04. The van der Waals surface area contributed by atoms with Crippen LogP contribution in [-0.4, -0.2) is 34.8 Å². The van der Waals surface area contributed by atoms with E-state index in [1.165, 1.54) is 0 Å². The minimum atomic E-state index is -0.321. The van der Waals surface area contributed by atoms with E-state index in [-0.39, 0.29) is 6.10 Å². The molecule has 0 aliphatic heterocycles. The Hall–Kier alpha value is -1.36. The lowest BCUT2D eigenvalue weighted by molar-refractivity contribution is 0.176. The van der Waals surface area contributed by atoms with Gasteiger partial charge in [-0.05, 0) is 13.3 Å². The fraction of sp³-hybridized carbons (Fsp3) is 0.636. The standard InChI is InChI=1S/C11H20N4O/c1-4-5-9(16)7-13-10-6-8(2)14-11(12-3)15-10/h6,9,16H,4-5,7H2,1-3H3,(H2,12,13,14,15). The van der Waals surface area contributed by atoms with Crippen LogP contribution in [0.25, 0.3) is 0 Å². The predicted molar refractivity (Wildman–Crippen MR) is 65.7 cm³/mol. The Labute approximate surface area is 96.3 Å². The van der Waals surface area contributed by atoms with Crippen LogP contribution in [0.2, 0.25) is 0 Å². The molecule has 1 aromatic heterocycles. The number of nitrogens with one attached hydrogen (secondary N) is 2. The molecule has 0 radical (unpaired) electrons. The number of aromatic nitrogens is 2. The van der Waals surface area contributed by atoms with Crippen LogP contribution in [0.15, 0.2) is 6.07 Å². The summed E-state index contributed by atoms with van der Waals surface area (Å²) >= 11 is 0. The van der Waals surface area contributed by atoms with E-state index in [9.17, 15) is 5.11 Å². The monoisotopic (exact) mass is 224 g/mol. The summed E-state index contributed by atoms with van der Waals surface area (Å²) < 4.78 is 0. The Morgan fingerprint density at radius 1 is 1.44 bits per heavy atom. The second-order valence-corrected chi connectivity index (χ2v) is 3.79. The van der Waals surface area contributed by atoms with Crippen molar-refractivity contribution < 1.29 is 5.11 Å². The zero-order valence-corrected chi connectivity index (χ0v) is 10.1. The van der Waals surface area contributed by atoms with Crippen molar-refractivity contribution >= 4 is 11.8 Å². The fourth-order valence-corrected chi connectivity index (χ4v) is 1.43. The molecule has 16 heavy (non-hydrogen) atoms. The number of rotatable bonds is 6. The molecule has 1 unspecified atom stereocenters. The zero-order valence-electron chi connectivity index (χ0n) is 10.1. The maximum absolute atomic E-state index is 9.58. The van der Waals surface area contributed by atoms with Gasteiger partial charge in [0.15, 0.2) is 0 Å². The predicted octanol–water partition coefficient (Wildman–Crippen LogP) is 1.40. The Bertz CT molecular complexity index is 330. The molecule has 0 fully saturated rings. The quantitative estimate of drug-likeness (QED) is 0.681. The van der Waals surface area contributed by atoms with E-state index in [0.29, 0.717) is 12.5 Å². The summed E-state index contributed by atoms with van der Waals surface area (Å²) in [5.74, 6) is 1.33. The molecular weight excluding hydrogens is 204 g/mol. The van der Waals surface area contributed by atoms with Crippen LogP contribution in [0.1, 0.15) is 25.5 Å². The van der Waals surface area contributed by atoms with Gasteiger partial charge in [-0.1, -0.05) is 13.3 Å². The molecule has 1 rings (SSSR count). The van der Waals surface area contributed by atoms with Crippen LogP contribution >= 0.6 is 0 Å². The molecule has 3 N–H and O–H groups in total. The lowest BCUT2D eigenvalue weighted by atomic mass is 10.2. The molecule has 5 nitrogen and oxygen atoms in total. The molecule has 0 saturated carbocycles. The molecule has 0 aromatic carbocycles. The van der Waals surface area contributed by atoms with E-state index in [1.807, 2.05) is 13.0 Å². The number of aliphatic hydroxyl groups is 1. The van der Waals surface area contributed by atoms with Crippen LogP contribution < -0.4 is 10.6 Å². The van der Waals surface area contributed by atoms with E-state index >= 15 is 0 Å². The van der Waals surface area contributed by atoms with Crippen LogP contribution in [0.3, 0.4) is 0 Å². The third kappa shape index (κ3) is 4.02. The third-order valence-corrected chi connectivity index (χ3v) is 2.22. The molecule has 0 saturated heterocycles. The molecule has 0 bridgehead atoms. The Morgan fingerprint density at radius 2 is 2.19 bits per heavy atom. The van der Waals surface area contributed by atoms with E-state index in [0.717, 1.165) is 24.4 Å². The summed E-state index contributed by atoms with van der Waals surface area (Å²) in [6.07, 6.45) is 1.46. The van der Waals surface area contributed by atoms with Gasteiger partial charge in [-0.15, -0.1) is 0 Å².